The standard InChI is InChI=1S/C21H23N3O3S3/c25-19(22-21(18-8-4-14-28-18)17-6-2-1-3-7-17)16-23-10-12-24(13-11-23)30(26,27)20-9-5-15-29-20/h1-9,14-15,21H,10-13,16H2,(H,22,25). The number of rotatable bonds is 7. The number of thiophene rings is 2. The van der Waals surface area contributed by atoms with Gasteiger partial charge in [-0.25, -0.2) is 8.42 Å². The van der Waals surface area contributed by atoms with Gasteiger partial charge in [-0.15, -0.1) is 22.7 Å². The number of piperazine rings is 1. The van der Waals surface area contributed by atoms with Gasteiger partial charge in [0, 0.05) is 31.1 Å². The zero-order valence-corrected chi connectivity index (χ0v) is 18.8. The quantitative estimate of drug-likeness (QED) is 0.587. The maximum atomic E-state index is 12.8. The second-order valence-electron chi connectivity index (χ2n) is 7.04. The molecule has 1 N–H and O–H groups in total. The molecule has 1 amide bonds. The normalized spacial score (nSPS) is 16.9. The van der Waals surface area contributed by atoms with Gasteiger partial charge in [-0.3, -0.25) is 9.69 Å². The first-order chi connectivity index (χ1) is 14.5. The number of benzene rings is 1. The molecule has 9 heteroatoms. The monoisotopic (exact) mass is 461 g/mol. The van der Waals surface area contributed by atoms with Crippen molar-refractivity contribution in [3.63, 3.8) is 0 Å². The predicted octanol–water partition coefficient (Wildman–Crippen LogP) is 3.02. The molecule has 1 atom stereocenters. The molecule has 0 aliphatic carbocycles. The maximum absolute atomic E-state index is 12.8. The summed E-state index contributed by atoms with van der Waals surface area (Å²) in [4.78, 5) is 15.9. The lowest BCUT2D eigenvalue weighted by molar-refractivity contribution is -0.123. The summed E-state index contributed by atoms with van der Waals surface area (Å²) in [7, 11) is -3.43. The molecule has 4 rings (SSSR count). The third-order valence-electron chi connectivity index (χ3n) is 5.05. The van der Waals surface area contributed by atoms with Gasteiger partial charge in [-0.1, -0.05) is 42.5 Å². The Morgan fingerprint density at radius 2 is 1.63 bits per heavy atom. The smallest absolute Gasteiger partial charge is 0.252 e. The van der Waals surface area contributed by atoms with Gasteiger partial charge in [0.15, 0.2) is 0 Å². The van der Waals surface area contributed by atoms with E-state index in [0.717, 1.165) is 10.4 Å². The number of nitrogens with zero attached hydrogens (tertiary/aromatic N) is 2. The predicted molar refractivity (Wildman–Crippen MR) is 120 cm³/mol. The average molecular weight is 462 g/mol. The zero-order chi connectivity index (χ0) is 21.0. The molecule has 30 heavy (non-hydrogen) atoms. The number of nitrogens with one attached hydrogen (secondary N) is 1. The molecule has 1 unspecified atom stereocenters. The highest BCUT2D eigenvalue weighted by molar-refractivity contribution is 7.91. The van der Waals surface area contributed by atoms with Gasteiger partial charge in [-0.05, 0) is 28.5 Å². The minimum Gasteiger partial charge on any atom is -0.343 e. The van der Waals surface area contributed by atoms with Gasteiger partial charge in [0.05, 0.1) is 12.6 Å². The highest BCUT2D eigenvalue weighted by Gasteiger charge is 2.30. The Morgan fingerprint density at radius 1 is 0.933 bits per heavy atom. The van der Waals surface area contributed by atoms with Crippen LogP contribution in [-0.2, 0) is 14.8 Å². The molecule has 0 radical (unpaired) electrons. The summed E-state index contributed by atoms with van der Waals surface area (Å²) in [5.41, 5.74) is 1.04. The molecule has 3 aromatic rings. The van der Waals surface area contributed by atoms with Crippen molar-refractivity contribution in [2.24, 2.45) is 0 Å². The summed E-state index contributed by atoms with van der Waals surface area (Å²) < 4.78 is 27.2. The molecule has 0 saturated carbocycles. The van der Waals surface area contributed by atoms with Gasteiger partial charge < -0.3 is 5.32 Å². The van der Waals surface area contributed by atoms with Crippen LogP contribution in [0.5, 0.6) is 0 Å². The van der Waals surface area contributed by atoms with E-state index in [0.29, 0.717) is 30.4 Å². The average Bonchev–Trinajstić information content (AvgIpc) is 3.47. The van der Waals surface area contributed by atoms with E-state index in [4.69, 9.17) is 0 Å². The van der Waals surface area contributed by atoms with Crippen LogP contribution < -0.4 is 5.32 Å². The molecule has 2 aromatic heterocycles. The Balaban J connectivity index is 1.35. The molecule has 1 aliphatic heterocycles. The van der Waals surface area contributed by atoms with Crippen LogP contribution in [0.4, 0.5) is 0 Å². The molecule has 1 aromatic carbocycles. The van der Waals surface area contributed by atoms with Gasteiger partial charge in [0.25, 0.3) is 10.0 Å². The molecule has 1 saturated heterocycles. The van der Waals surface area contributed by atoms with E-state index in [-0.39, 0.29) is 18.5 Å². The molecular weight excluding hydrogens is 438 g/mol. The number of hydrogen-bond donors (Lipinski definition) is 1. The first-order valence-corrected chi connectivity index (χ1v) is 12.9. The van der Waals surface area contributed by atoms with Crippen molar-refractivity contribution < 1.29 is 13.2 Å². The summed E-state index contributed by atoms with van der Waals surface area (Å²) in [5, 5.41) is 6.92. The maximum Gasteiger partial charge on any atom is 0.252 e. The number of hydrogen-bond acceptors (Lipinski definition) is 6. The third-order valence-corrected chi connectivity index (χ3v) is 9.26. The second-order valence-corrected chi connectivity index (χ2v) is 11.1. The van der Waals surface area contributed by atoms with Crippen molar-refractivity contribution in [3.05, 3.63) is 75.8 Å². The SMILES string of the molecule is O=C(CN1CCN(S(=O)(=O)c2cccs2)CC1)NC(c1ccccc1)c1cccs1. The summed E-state index contributed by atoms with van der Waals surface area (Å²) in [6, 6.07) is 17.1. The Bertz CT molecular complexity index is 1040. The minimum atomic E-state index is -3.43. The fourth-order valence-electron chi connectivity index (χ4n) is 3.49. The van der Waals surface area contributed by atoms with E-state index in [1.807, 2.05) is 52.7 Å². The van der Waals surface area contributed by atoms with Crippen molar-refractivity contribution >= 4 is 38.6 Å². The molecule has 3 heterocycles. The number of carbonyl (C=O) groups is 1. The van der Waals surface area contributed by atoms with Crippen LogP contribution in [0.2, 0.25) is 0 Å². The molecule has 0 bridgehead atoms. The fraction of sp³-hybridized carbons (Fsp3) is 0.286. The van der Waals surface area contributed by atoms with Crippen LogP contribution in [0.25, 0.3) is 0 Å². The lowest BCUT2D eigenvalue weighted by atomic mass is 10.1. The van der Waals surface area contributed by atoms with Gasteiger partial charge in [-0.2, -0.15) is 4.31 Å². The third kappa shape index (κ3) is 4.81. The molecular formula is C21H23N3O3S3. The van der Waals surface area contributed by atoms with E-state index in [2.05, 4.69) is 5.32 Å². The van der Waals surface area contributed by atoms with E-state index >= 15 is 0 Å². The molecule has 158 valence electrons. The molecule has 1 fully saturated rings. The largest absolute Gasteiger partial charge is 0.343 e. The highest BCUT2D eigenvalue weighted by atomic mass is 32.2. The highest BCUT2D eigenvalue weighted by Crippen LogP contribution is 2.26. The van der Waals surface area contributed by atoms with E-state index in [1.54, 1.807) is 28.8 Å². The van der Waals surface area contributed by atoms with E-state index < -0.39 is 10.0 Å². The van der Waals surface area contributed by atoms with Crippen molar-refractivity contribution in [2.75, 3.05) is 32.7 Å². The van der Waals surface area contributed by atoms with Gasteiger partial charge in [0.2, 0.25) is 5.91 Å². The van der Waals surface area contributed by atoms with Crippen LogP contribution in [0.3, 0.4) is 0 Å². The summed E-state index contributed by atoms with van der Waals surface area (Å²) in [6.45, 7) is 2.10. The second kappa shape index (κ2) is 9.40. The van der Waals surface area contributed by atoms with Gasteiger partial charge >= 0.3 is 0 Å². The van der Waals surface area contributed by atoms with Crippen molar-refractivity contribution in [1.82, 2.24) is 14.5 Å². The summed E-state index contributed by atoms with van der Waals surface area (Å²) in [5.74, 6) is -0.0631. The Morgan fingerprint density at radius 3 is 2.27 bits per heavy atom. The van der Waals surface area contributed by atoms with Crippen LogP contribution in [0.15, 0.2) is 69.6 Å². The van der Waals surface area contributed by atoms with Crippen molar-refractivity contribution in [2.45, 2.75) is 10.3 Å². The molecule has 0 spiro atoms. The zero-order valence-electron chi connectivity index (χ0n) is 16.3. The Hall–Kier alpha value is -2.04. The summed E-state index contributed by atoms with van der Waals surface area (Å²) in [6.07, 6.45) is 0. The summed E-state index contributed by atoms with van der Waals surface area (Å²) >= 11 is 2.85. The lowest BCUT2D eigenvalue weighted by Crippen LogP contribution is -2.51. The first-order valence-electron chi connectivity index (χ1n) is 9.68. The van der Waals surface area contributed by atoms with Crippen LogP contribution in [0, 0.1) is 0 Å². The Kier molecular flexibility index (Phi) is 6.64. The van der Waals surface area contributed by atoms with Crippen LogP contribution in [-0.4, -0.2) is 56.3 Å². The fourth-order valence-corrected chi connectivity index (χ4v) is 6.86. The first kappa shape index (κ1) is 21.2. The van der Waals surface area contributed by atoms with Crippen molar-refractivity contribution in [1.29, 1.82) is 0 Å². The van der Waals surface area contributed by atoms with Crippen LogP contribution in [0.1, 0.15) is 16.5 Å². The lowest BCUT2D eigenvalue weighted by Gasteiger charge is -2.33. The van der Waals surface area contributed by atoms with E-state index in [1.165, 1.54) is 15.6 Å². The van der Waals surface area contributed by atoms with Gasteiger partial charge in [0.1, 0.15) is 4.21 Å². The topological polar surface area (TPSA) is 69.7 Å². The van der Waals surface area contributed by atoms with Crippen molar-refractivity contribution in [3.8, 4) is 0 Å². The molecule has 1 aliphatic rings. The Labute approximate surface area is 184 Å². The number of sulfonamides is 1. The number of carbonyl (C=O) groups excluding carboxylic acids is 1. The molecule has 6 nitrogen and oxygen atoms in total. The minimum absolute atomic E-state index is 0.0631. The van der Waals surface area contributed by atoms with Crippen LogP contribution >= 0.6 is 22.7 Å². The van der Waals surface area contributed by atoms with E-state index in [9.17, 15) is 13.2 Å². The number of amides is 1.